The van der Waals surface area contributed by atoms with Crippen LogP contribution in [0, 0.1) is 0 Å². The fourth-order valence-corrected chi connectivity index (χ4v) is 3.11. The van der Waals surface area contributed by atoms with Gasteiger partial charge in [0.25, 0.3) is 0 Å². The predicted octanol–water partition coefficient (Wildman–Crippen LogP) is 3.81. The van der Waals surface area contributed by atoms with Crippen LogP contribution in [-0.4, -0.2) is 37.1 Å². The van der Waals surface area contributed by atoms with Gasteiger partial charge >= 0.3 is 0 Å². The zero-order chi connectivity index (χ0) is 13.1. The molecular formula is C16H34N2. The summed E-state index contributed by atoms with van der Waals surface area (Å²) in [6.45, 7) is 9.55. The van der Waals surface area contributed by atoms with Crippen LogP contribution in [0.5, 0.6) is 0 Å². The summed E-state index contributed by atoms with van der Waals surface area (Å²) in [7, 11) is 0. The first kappa shape index (κ1) is 16.0. The number of nitrogens with zero attached hydrogens (tertiary/aromatic N) is 1. The average molecular weight is 254 g/mol. The van der Waals surface area contributed by atoms with Crippen molar-refractivity contribution in [1.29, 1.82) is 0 Å². The SMILES string of the molecule is CCCC1CCCCN1CCCCCCNCC. The highest BCUT2D eigenvalue weighted by Gasteiger charge is 2.20. The molecule has 1 unspecified atom stereocenters. The number of likely N-dealkylation sites (tertiary alicyclic amines) is 1. The third-order valence-corrected chi connectivity index (χ3v) is 4.17. The molecule has 0 aromatic carbocycles. The van der Waals surface area contributed by atoms with E-state index in [0.29, 0.717) is 0 Å². The van der Waals surface area contributed by atoms with Crippen LogP contribution in [0.15, 0.2) is 0 Å². The molecule has 1 rings (SSSR count). The Labute approximate surface area is 115 Å². The number of nitrogens with one attached hydrogen (secondary N) is 1. The van der Waals surface area contributed by atoms with Crippen molar-refractivity contribution >= 4 is 0 Å². The standard InChI is InChI=1S/C16H34N2/c1-3-11-16-12-7-10-15-18(16)14-9-6-5-8-13-17-4-2/h16-17H,3-15H2,1-2H3. The van der Waals surface area contributed by atoms with E-state index in [4.69, 9.17) is 0 Å². The Balaban J connectivity index is 2.02. The maximum absolute atomic E-state index is 3.40. The molecule has 2 heteroatoms. The molecule has 108 valence electrons. The normalized spacial score (nSPS) is 21.3. The van der Waals surface area contributed by atoms with Gasteiger partial charge in [-0.3, -0.25) is 0 Å². The average Bonchev–Trinajstić information content (AvgIpc) is 2.40. The number of piperidine rings is 1. The lowest BCUT2D eigenvalue weighted by Crippen LogP contribution is -2.39. The Morgan fingerprint density at radius 3 is 2.67 bits per heavy atom. The molecule has 1 aliphatic heterocycles. The van der Waals surface area contributed by atoms with Crippen molar-refractivity contribution in [2.45, 2.75) is 77.7 Å². The second-order valence-corrected chi connectivity index (χ2v) is 5.74. The molecule has 18 heavy (non-hydrogen) atoms. The smallest absolute Gasteiger partial charge is 0.00951 e. The van der Waals surface area contributed by atoms with Gasteiger partial charge in [0.2, 0.25) is 0 Å². The van der Waals surface area contributed by atoms with E-state index in [1.807, 2.05) is 0 Å². The zero-order valence-corrected chi connectivity index (χ0v) is 12.7. The minimum absolute atomic E-state index is 0.908. The first-order valence-corrected chi connectivity index (χ1v) is 8.33. The van der Waals surface area contributed by atoms with Gasteiger partial charge in [-0.2, -0.15) is 0 Å². The van der Waals surface area contributed by atoms with E-state index in [-0.39, 0.29) is 0 Å². The van der Waals surface area contributed by atoms with Crippen LogP contribution in [0.3, 0.4) is 0 Å². The molecule has 0 aromatic heterocycles. The Bertz CT molecular complexity index is 180. The van der Waals surface area contributed by atoms with Crippen LogP contribution in [-0.2, 0) is 0 Å². The molecule has 2 nitrogen and oxygen atoms in total. The van der Waals surface area contributed by atoms with Gasteiger partial charge in [0.1, 0.15) is 0 Å². The van der Waals surface area contributed by atoms with Gasteiger partial charge in [-0.1, -0.05) is 39.5 Å². The van der Waals surface area contributed by atoms with Gasteiger partial charge in [-0.25, -0.2) is 0 Å². The van der Waals surface area contributed by atoms with Gasteiger partial charge < -0.3 is 10.2 Å². The molecule has 1 N–H and O–H groups in total. The highest BCUT2D eigenvalue weighted by molar-refractivity contribution is 4.76. The lowest BCUT2D eigenvalue weighted by molar-refractivity contribution is 0.137. The van der Waals surface area contributed by atoms with Crippen molar-refractivity contribution in [3.63, 3.8) is 0 Å². The summed E-state index contributed by atoms with van der Waals surface area (Å²) in [6, 6.07) is 0.908. The zero-order valence-electron chi connectivity index (χ0n) is 12.7. The Morgan fingerprint density at radius 1 is 1.06 bits per heavy atom. The van der Waals surface area contributed by atoms with E-state index in [1.165, 1.54) is 77.4 Å². The molecule has 0 aromatic rings. The Kier molecular flexibility index (Phi) is 9.59. The summed E-state index contributed by atoms with van der Waals surface area (Å²) < 4.78 is 0. The third-order valence-electron chi connectivity index (χ3n) is 4.17. The molecule has 1 atom stereocenters. The van der Waals surface area contributed by atoms with Gasteiger partial charge in [-0.05, 0) is 58.3 Å². The molecule has 0 amide bonds. The summed E-state index contributed by atoms with van der Waals surface area (Å²) in [5, 5.41) is 3.40. The van der Waals surface area contributed by atoms with Crippen molar-refractivity contribution in [3.8, 4) is 0 Å². The van der Waals surface area contributed by atoms with Crippen LogP contribution >= 0.6 is 0 Å². The molecule has 0 saturated carbocycles. The predicted molar refractivity (Wildman–Crippen MR) is 81.1 cm³/mol. The van der Waals surface area contributed by atoms with E-state index in [0.717, 1.165) is 12.6 Å². The van der Waals surface area contributed by atoms with E-state index in [9.17, 15) is 0 Å². The fraction of sp³-hybridized carbons (Fsp3) is 1.00. The van der Waals surface area contributed by atoms with Gasteiger partial charge in [0, 0.05) is 6.04 Å². The van der Waals surface area contributed by atoms with Gasteiger partial charge in [-0.15, -0.1) is 0 Å². The minimum Gasteiger partial charge on any atom is -0.317 e. The molecule has 0 bridgehead atoms. The first-order chi connectivity index (χ1) is 8.88. The van der Waals surface area contributed by atoms with Crippen molar-refractivity contribution < 1.29 is 0 Å². The van der Waals surface area contributed by atoms with Crippen molar-refractivity contribution in [2.75, 3.05) is 26.2 Å². The van der Waals surface area contributed by atoms with Crippen LogP contribution < -0.4 is 5.32 Å². The molecule has 1 heterocycles. The first-order valence-electron chi connectivity index (χ1n) is 8.33. The third kappa shape index (κ3) is 6.75. The van der Waals surface area contributed by atoms with Crippen LogP contribution in [0.1, 0.15) is 71.6 Å². The lowest BCUT2D eigenvalue weighted by atomic mass is 9.98. The summed E-state index contributed by atoms with van der Waals surface area (Å²) in [5.41, 5.74) is 0. The molecule has 1 fully saturated rings. The molecule has 1 aliphatic rings. The van der Waals surface area contributed by atoms with E-state index in [1.54, 1.807) is 0 Å². The van der Waals surface area contributed by atoms with Crippen LogP contribution in [0.4, 0.5) is 0 Å². The Hall–Kier alpha value is -0.0800. The molecule has 0 aliphatic carbocycles. The highest BCUT2D eigenvalue weighted by Crippen LogP contribution is 2.21. The summed E-state index contributed by atoms with van der Waals surface area (Å²) >= 11 is 0. The monoisotopic (exact) mass is 254 g/mol. The summed E-state index contributed by atoms with van der Waals surface area (Å²) in [6.07, 6.45) is 12.7. The second-order valence-electron chi connectivity index (χ2n) is 5.74. The number of unbranched alkanes of at least 4 members (excludes halogenated alkanes) is 3. The minimum atomic E-state index is 0.908. The van der Waals surface area contributed by atoms with E-state index < -0.39 is 0 Å². The van der Waals surface area contributed by atoms with E-state index >= 15 is 0 Å². The lowest BCUT2D eigenvalue weighted by Gasteiger charge is -2.35. The number of hydrogen-bond acceptors (Lipinski definition) is 2. The maximum atomic E-state index is 3.40. The molecule has 0 spiro atoms. The fourth-order valence-electron chi connectivity index (χ4n) is 3.11. The summed E-state index contributed by atoms with van der Waals surface area (Å²) in [4.78, 5) is 2.78. The Morgan fingerprint density at radius 2 is 1.89 bits per heavy atom. The second kappa shape index (κ2) is 10.8. The topological polar surface area (TPSA) is 15.3 Å². The maximum Gasteiger partial charge on any atom is 0.00951 e. The quantitative estimate of drug-likeness (QED) is 0.596. The molecule has 0 radical (unpaired) electrons. The van der Waals surface area contributed by atoms with Gasteiger partial charge in [0.05, 0.1) is 0 Å². The number of hydrogen-bond donors (Lipinski definition) is 1. The molecular weight excluding hydrogens is 220 g/mol. The largest absolute Gasteiger partial charge is 0.317 e. The van der Waals surface area contributed by atoms with Crippen LogP contribution in [0.2, 0.25) is 0 Å². The van der Waals surface area contributed by atoms with E-state index in [2.05, 4.69) is 24.1 Å². The number of rotatable bonds is 10. The van der Waals surface area contributed by atoms with Crippen LogP contribution in [0.25, 0.3) is 0 Å². The summed E-state index contributed by atoms with van der Waals surface area (Å²) in [5.74, 6) is 0. The molecule has 1 saturated heterocycles. The van der Waals surface area contributed by atoms with Crippen molar-refractivity contribution in [2.24, 2.45) is 0 Å². The van der Waals surface area contributed by atoms with Gasteiger partial charge in [0.15, 0.2) is 0 Å². The van der Waals surface area contributed by atoms with Crippen molar-refractivity contribution in [1.82, 2.24) is 10.2 Å². The highest BCUT2D eigenvalue weighted by atomic mass is 15.2. The van der Waals surface area contributed by atoms with Crippen molar-refractivity contribution in [3.05, 3.63) is 0 Å².